The van der Waals surface area contributed by atoms with Gasteiger partial charge in [0.15, 0.2) is 9.84 Å². The van der Waals surface area contributed by atoms with Gasteiger partial charge in [-0.15, -0.1) is 0 Å². The molecule has 0 fully saturated rings. The van der Waals surface area contributed by atoms with Crippen molar-refractivity contribution in [1.82, 2.24) is 5.32 Å². The van der Waals surface area contributed by atoms with E-state index in [2.05, 4.69) is 5.32 Å². The Morgan fingerprint density at radius 1 is 0.972 bits per heavy atom. The predicted octanol–water partition coefficient (Wildman–Crippen LogP) is 3.52. The second kappa shape index (κ2) is 11.1. The molecule has 0 saturated heterocycles. The minimum atomic E-state index is -3.75. The number of hydrogen-bond acceptors (Lipinski definition) is 7. The quantitative estimate of drug-likeness (QED) is 0.457. The van der Waals surface area contributed by atoms with Crippen molar-refractivity contribution in [2.45, 2.75) is 51.2 Å². The van der Waals surface area contributed by atoms with Crippen LogP contribution in [0.2, 0.25) is 0 Å². The van der Waals surface area contributed by atoms with E-state index >= 15 is 0 Å². The van der Waals surface area contributed by atoms with Gasteiger partial charge in [-0.3, -0.25) is 4.79 Å². The van der Waals surface area contributed by atoms with Crippen molar-refractivity contribution in [3.05, 3.63) is 59.7 Å². The lowest BCUT2D eigenvalue weighted by atomic mass is 9.98. The van der Waals surface area contributed by atoms with Crippen molar-refractivity contribution in [2.75, 3.05) is 18.1 Å². The maximum absolute atomic E-state index is 12.4. The first-order chi connectivity index (χ1) is 16.9. The molecule has 3 rings (SSSR count). The van der Waals surface area contributed by atoms with Crippen LogP contribution >= 0.6 is 0 Å². The largest absolute Gasteiger partial charge is 0.480 e. The second-order valence-corrected chi connectivity index (χ2v) is 11.9. The average Bonchev–Trinajstić information content (AvgIpc) is 3.12. The molecule has 1 amide bonds. The Morgan fingerprint density at radius 2 is 1.53 bits per heavy atom. The molecule has 1 atom stereocenters. The van der Waals surface area contributed by atoms with E-state index < -0.39 is 51.0 Å². The Balaban J connectivity index is 1.54. The normalized spacial score (nSPS) is 13.9. The van der Waals surface area contributed by atoms with Crippen LogP contribution in [0.1, 0.15) is 50.7 Å². The minimum absolute atomic E-state index is 0.000383. The van der Waals surface area contributed by atoms with Crippen molar-refractivity contribution >= 4 is 27.9 Å². The van der Waals surface area contributed by atoms with Crippen LogP contribution in [0.25, 0.3) is 11.1 Å². The highest BCUT2D eigenvalue weighted by Gasteiger charge is 2.30. The number of aliphatic carboxylic acids is 1. The van der Waals surface area contributed by atoms with E-state index in [0.29, 0.717) is 0 Å². The lowest BCUT2D eigenvalue weighted by molar-refractivity contribution is -0.154. The summed E-state index contributed by atoms with van der Waals surface area (Å²) in [5.74, 6) is -3.22. The maximum Gasteiger partial charge on any atom is 0.407 e. The fourth-order valence-corrected chi connectivity index (χ4v) is 5.35. The maximum atomic E-state index is 12.4. The molecule has 10 heteroatoms. The first-order valence-corrected chi connectivity index (χ1v) is 13.4. The third-order valence-corrected chi connectivity index (χ3v) is 7.37. The highest BCUT2D eigenvalue weighted by atomic mass is 32.2. The molecule has 0 unspecified atom stereocenters. The van der Waals surface area contributed by atoms with Gasteiger partial charge in [-0.1, -0.05) is 48.5 Å². The van der Waals surface area contributed by atoms with Crippen LogP contribution in [0.4, 0.5) is 4.79 Å². The van der Waals surface area contributed by atoms with E-state index in [-0.39, 0.29) is 25.4 Å². The van der Waals surface area contributed by atoms with Crippen molar-refractivity contribution in [1.29, 1.82) is 0 Å². The molecule has 2 aromatic rings. The van der Waals surface area contributed by atoms with Gasteiger partial charge in [-0.05, 0) is 49.4 Å². The second-order valence-electron chi connectivity index (χ2n) is 9.64. The fourth-order valence-electron chi connectivity index (χ4n) is 4.07. The topological polar surface area (TPSA) is 136 Å². The van der Waals surface area contributed by atoms with Crippen LogP contribution in [-0.2, 0) is 28.9 Å². The number of carbonyl (C=O) groups is 3. The van der Waals surface area contributed by atoms with Crippen LogP contribution < -0.4 is 5.32 Å². The number of amides is 1. The number of fused-ring (bicyclic) bond motifs is 3. The molecule has 2 N–H and O–H groups in total. The van der Waals surface area contributed by atoms with Gasteiger partial charge in [-0.25, -0.2) is 18.0 Å². The highest BCUT2D eigenvalue weighted by Crippen LogP contribution is 2.44. The number of ether oxygens (including phenoxy) is 2. The van der Waals surface area contributed by atoms with Crippen LogP contribution in [0.15, 0.2) is 48.5 Å². The first kappa shape index (κ1) is 27.2. The Morgan fingerprint density at radius 3 is 2.06 bits per heavy atom. The number of alkyl carbamates (subject to hydrolysis) is 1. The van der Waals surface area contributed by atoms with Crippen molar-refractivity contribution < 1.29 is 37.4 Å². The summed E-state index contributed by atoms with van der Waals surface area (Å²) in [4.78, 5) is 35.8. The summed E-state index contributed by atoms with van der Waals surface area (Å²) < 4.78 is 35.0. The number of carboxylic acid groups (broad SMARTS) is 1. The van der Waals surface area contributed by atoms with Crippen molar-refractivity contribution in [2.24, 2.45) is 0 Å². The fraction of sp³-hybridized carbons (Fsp3) is 0.423. The number of benzene rings is 2. The molecule has 0 radical (unpaired) electrons. The molecule has 0 aliphatic heterocycles. The number of nitrogens with one attached hydrogen (secondary N) is 1. The lowest BCUT2D eigenvalue weighted by Crippen LogP contribution is -2.42. The molecular weight excluding hydrogens is 486 g/mol. The zero-order valence-corrected chi connectivity index (χ0v) is 21.3. The van der Waals surface area contributed by atoms with Crippen LogP contribution in [-0.4, -0.2) is 61.3 Å². The zero-order valence-electron chi connectivity index (χ0n) is 20.5. The molecule has 1 aliphatic rings. The van der Waals surface area contributed by atoms with E-state index in [1.165, 1.54) is 0 Å². The smallest absolute Gasteiger partial charge is 0.407 e. The molecule has 0 bridgehead atoms. The molecule has 194 valence electrons. The molecule has 2 aromatic carbocycles. The summed E-state index contributed by atoms with van der Waals surface area (Å²) in [6.07, 6.45) is -1.65. The van der Waals surface area contributed by atoms with E-state index in [9.17, 15) is 27.9 Å². The summed E-state index contributed by atoms with van der Waals surface area (Å²) in [6.45, 7) is 5.02. The van der Waals surface area contributed by atoms with Crippen molar-refractivity contribution in [3.63, 3.8) is 0 Å². The summed E-state index contributed by atoms with van der Waals surface area (Å²) >= 11 is 0. The Labute approximate surface area is 210 Å². The average molecular weight is 518 g/mol. The molecule has 0 heterocycles. The molecule has 0 spiro atoms. The summed E-state index contributed by atoms with van der Waals surface area (Å²) in [5, 5.41) is 11.7. The summed E-state index contributed by atoms with van der Waals surface area (Å²) in [6, 6.07) is 14.1. The van der Waals surface area contributed by atoms with Gasteiger partial charge in [-0.2, -0.15) is 0 Å². The van der Waals surface area contributed by atoms with Crippen LogP contribution in [0.3, 0.4) is 0 Å². The standard InChI is InChI=1S/C26H31NO8S/c1-26(2,3)35-23(28)13-15-36(32,33)14-12-22(24(29)30)27-25(31)34-16-21-19-10-6-4-8-17(19)18-9-5-7-11-20(18)21/h4-11,21-22H,12-16H2,1-3H3,(H,27,31)(H,29,30)/t22-/m0/s1. The number of rotatable bonds is 10. The Kier molecular flexibility index (Phi) is 8.39. The van der Waals surface area contributed by atoms with Gasteiger partial charge >= 0.3 is 18.0 Å². The molecule has 0 aromatic heterocycles. The van der Waals surface area contributed by atoms with E-state index in [1.807, 2.05) is 48.5 Å². The van der Waals surface area contributed by atoms with E-state index in [1.54, 1.807) is 20.8 Å². The SMILES string of the molecule is CC(C)(C)OC(=O)CCS(=O)(=O)CC[C@H](NC(=O)OCC1c2ccccc2-c2ccccc21)C(=O)O. The number of esters is 1. The molecule has 36 heavy (non-hydrogen) atoms. The zero-order chi connectivity index (χ0) is 26.5. The van der Waals surface area contributed by atoms with Crippen molar-refractivity contribution in [3.8, 4) is 11.1 Å². The van der Waals surface area contributed by atoms with Gasteiger partial charge in [0.2, 0.25) is 0 Å². The third-order valence-electron chi connectivity index (χ3n) is 5.69. The molecule has 9 nitrogen and oxygen atoms in total. The number of hydrogen-bond donors (Lipinski definition) is 2. The number of carbonyl (C=O) groups excluding carboxylic acids is 2. The van der Waals surface area contributed by atoms with E-state index in [4.69, 9.17) is 9.47 Å². The molecule has 1 aliphatic carbocycles. The third kappa shape index (κ3) is 7.30. The molecule has 0 saturated carbocycles. The monoisotopic (exact) mass is 517 g/mol. The molecular formula is C26H31NO8S. The number of sulfone groups is 1. The van der Waals surface area contributed by atoms with Gasteiger partial charge in [0.25, 0.3) is 0 Å². The van der Waals surface area contributed by atoms with Crippen LogP contribution in [0.5, 0.6) is 0 Å². The minimum Gasteiger partial charge on any atom is -0.480 e. The van der Waals surface area contributed by atoms with Gasteiger partial charge in [0, 0.05) is 5.92 Å². The summed E-state index contributed by atoms with van der Waals surface area (Å²) in [5.41, 5.74) is 3.40. The van der Waals surface area contributed by atoms with Crippen LogP contribution in [0, 0.1) is 0 Å². The van der Waals surface area contributed by atoms with E-state index in [0.717, 1.165) is 22.3 Å². The van der Waals surface area contributed by atoms with Gasteiger partial charge < -0.3 is 19.9 Å². The van der Waals surface area contributed by atoms with Gasteiger partial charge in [0.1, 0.15) is 18.2 Å². The summed E-state index contributed by atoms with van der Waals surface area (Å²) in [7, 11) is -3.75. The first-order valence-electron chi connectivity index (χ1n) is 11.6. The Bertz CT molecular complexity index is 1190. The Hall–Kier alpha value is -3.40. The van der Waals surface area contributed by atoms with Gasteiger partial charge in [0.05, 0.1) is 17.9 Å². The number of carboxylic acids is 1. The predicted molar refractivity (Wildman–Crippen MR) is 133 cm³/mol. The lowest BCUT2D eigenvalue weighted by Gasteiger charge is -2.19. The highest BCUT2D eigenvalue weighted by molar-refractivity contribution is 7.91.